The van der Waals surface area contributed by atoms with E-state index < -0.39 is 6.10 Å². The first-order valence-electron chi connectivity index (χ1n) is 7.50. The second-order valence-electron chi connectivity index (χ2n) is 5.54. The summed E-state index contributed by atoms with van der Waals surface area (Å²) in [7, 11) is 0. The van der Waals surface area contributed by atoms with Crippen molar-refractivity contribution in [1.29, 1.82) is 0 Å². The van der Waals surface area contributed by atoms with Gasteiger partial charge < -0.3 is 5.11 Å². The molecule has 4 nitrogen and oxygen atoms in total. The van der Waals surface area contributed by atoms with E-state index in [1.54, 1.807) is 29.2 Å². The number of nitrogens with zero attached hydrogens (tertiary/aromatic N) is 3. The van der Waals surface area contributed by atoms with E-state index >= 15 is 0 Å². The van der Waals surface area contributed by atoms with Gasteiger partial charge in [0.05, 0.1) is 5.70 Å². The first-order chi connectivity index (χ1) is 11.1. The molecule has 3 rings (SSSR count). The second kappa shape index (κ2) is 7.30. The van der Waals surface area contributed by atoms with Crippen LogP contribution in [0.25, 0.3) is 5.70 Å². The first kappa shape index (κ1) is 16.2. The quantitative estimate of drug-likeness (QED) is 0.825. The molecule has 1 heterocycles. The highest BCUT2D eigenvalue weighted by atomic mass is 35.5. The third kappa shape index (κ3) is 3.83. The van der Waals surface area contributed by atoms with Crippen LogP contribution in [0.15, 0.2) is 49.1 Å². The summed E-state index contributed by atoms with van der Waals surface area (Å²) in [5, 5.41) is 16.0. The molecular formula is C17H17Cl2N3O. The Morgan fingerprint density at radius 1 is 1.35 bits per heavy atom. The predicted molar refractivity (Wildman–Crippen MR) is 92.2 cm³/mol. The number of aromatic nitrogens is 3. The minimum atomic E-state index is -0.896. The molecular weight excluding hydrogens is 333 g/mol. The summed E-state index contributed by atoms with van der Waals surface area (Å²) in [6, 6.07) is 5.08. The van der Waals surface area contributed by atoms with Crippen LogP contribution in [-0.2, 0) is 0 Å². The SMILES string of the molecule is OC(/C(=C/C1CC=CCC1)n1cncn1)c1ccc(Cl)cc1Cl. The van der Waals surface area contributed by atoms with Gasteiger partial charge >= 0.3 is 0 Å². The van der Waals surface area contributed by atoms with E-state index in [1.165, 1.54) is 6.33 Å². The van der Waals surface area contributed by atoms with E-state index in [2.05, 4.69) is 28.3 Å². The van der Waals surface area contributed by atoms with E-state index in [9.17, 15) is 5.11 Å². The zero-order valence-corrected chi connectivity index (χ0v) is 14.0. The molecule has 0 fully saturated rings. The maximum Gasteiger partial charge on any atom is 0.138 e. The van der Waals surface area contributed by atoms with Crippen molar-refractivity contribution in [3.63, 3.8) is 0 Å². The molecule has 23 heavy (non-hydrogen) atoms. The summed E-state index contributed by atoms with van der Waals surface area (Å²) in [6.07, 6.45) is 11.6. The van der Waals surface area contributed by atoms with Crippen LogP contribution in [0.4, 0.5) is 0 Å². The van der Waals surface area contributed by atoms with Crippen molar-refractivity contribution in [3.05, 3.63) is 64.7 Å². The topological polar surface area (TPSA) is 50.9 Å². The van der Waals surface area contributed by atoms with Gasteiger partial charge in [-0.2, -0.15) is 5.10 Å². The van der Waals surface area contributed by atoms with Gasteiger partial charge in [0.1, 0.15) is 18.8 Å². The Hall–Kier alpha value is -1.62. The number of allylic oxidation sites excluding steroid dienone is 3. The van der Waals surface area contributed by atoms with E-state index in [0.29, 0.717) is 27.2 Å². The lowest BCUT2D eigenvalue weighted by Gasteiger charge is -2.20. The Kier molecular flexibility index (Phi) is 5.16. The maximum atomic E-state index is 10.9. The van der Waals surface area contributed by atoms with Gasteiger partial charge in [-0.05, 0) is 37.3 Å². The molecule has 1 aliphatic rings. The van der Waals surface area contributed by atoms with Gasteiger partial charge in [-0.3, -0.25) is 0 Å². The van der Waals surface area contributed by atoms with Gasteiger partial charge in [-0.1, -0.05) is 47.5 Å². The van der Waals surface area contributed by atoms with Crippen molar-refractivity contribution in [2.75, 3.05) is 0 Å². The molecule has 120 valence electrons. The van der Waals surface area contributed by atoms with E-state index in [1.807, 2.05) is 0 Å². The van der Waals surface area contributed by atoms with Crippen LogP contribution >= 0.6 is 23.2 Å². The van der Waals surface area contributed by atoms with Crippen molar-refractivity contribution < 1.29 is 5.11 Å². The number of hydrogen-bond acceptors (Lipinski definition) is 3. The molecule has 2 aromatic rings. The lowest BCUT2D eigenvalue weighted by atomic mass is 9.92. The molecule has 1 N–H and O–H groups in total. The average Bonchev–Trinajstić information content (AvgIpc) is 3.07. The first-order valence-corrected chi connectivity index (χ1v) is 8.25. The highest BCUT2D eigenvalue weighted by Crippen LogP contribution is 2.34. The standard InChI is InChI=1S/C17H17Cl2N3O/c18-13-6-7-14(15(19)9-13)17(23)16(22-11-20-10-21-22)8-12-4-2-1-3-5-12/h1-2,6-12,17,23H,3-5H2/b16-8-. The molecule has 1 aliphatic carbocycles. The summed E-state index contributed by atoms with van der Waals surface area (Å²) in [5.41, 5.74) is 1.26. The fraction of sp³-hybridized carbons (Fsp3) is 0.294. The number of halogens is 2. The lowest BCUT2D eigenvalue weighted by molar-refractivity contribution is 0.229. The Balaban J connectivity index is 1.97. The average molecular weight is 350 g/mol. The van der Waals surface area contributed by atoms with E-state index in [0.717, 1.165) is 19.3 Å². The molecule has 2 atom stereocenters. The van der Waals surface area contributed by atoms with Crippen LogP contribution in [-0.4, -0.2) is 19.9 Å². The van der Waals surface area contributed by atoms with Crippen molar-refractivity contribution in [2.45, 2.75) is 25.4 Å². The lowest BCUT2D eigenvalue weighted by Crippen LogP contribution is -2.12. The summed E-state index contributed by atoms with van der Waals surface area (Å²) in [6.45, 7) is 0. The van der Waals surface area contributed by atoms with Crippen LogP contribution in [0.1, 0.15) is 30.9 Å². The fourth-order valence-electron chi connectivity index (χ4n) is 2.73. The van der Waals surface area contributed by atoms with Gasteiger partial charge in [-0.25, -0.2) is 9.67 Å². The van der Waals surface area contributed by atoms with Gasteiger partial charge in [0.15, 0.2) is 0 Å². The zero-order chi connectivity index (χ0) is 16.2. The summed E-state index contributed by atoms with van der Waals surface area (Å²) in [4.78, 5) is 3.98. The summed E-state index contributed by atoms with van der Waals surface area (Å²) < 4.78 is 1.59. The molecule has 1 aromatic heterocycles. The molecule has 0 saturated carbocycles. The normalized spacial score (nSPS) is 19.8. The van der Waals surface area contributed by atoms with Crippen LogP contribution in [0.3, 0.4) is 0 Å². The van der Waals surface area contributed by atoms with Gasteiger partial charge in [0.2, 0.25) is 0 Å². The van der Waals surface area contributed by atoms with Gasteiger partial charge in [-0.15, -0.1) is 0 Å². The Bertz CT molecular complexity index is 725. The van der Waals surface area contributed by atoms with E-state index in [4.69, 9.17) is 23.2 Å². The van der Waals surface area contributed by atoms with Crippen molar-refractivity contribution >= 4 is 28.9 Å². The number of aliphatic hydroxyl groups is 1. The predicted octanol–water partition coefficient (Wildman–Crippen LogP) is 4.52. The molecule has 0 saturated heterocycles. The summed E-state index contributed by atoms with van der Waals surface area (Å²) in [5.74, 6) is 0.361. The highest BCUT2D eigenvalue weighted by molar-refractivity contribution is 6.35. The van der Waals surface area contributed by atoms with Crippen molar-refractivity contribution in [1.82, 2.24) is 14.8 Å². The third-order valence-electron chi connectivity index (χ3n) is 3.94. The van der Waals surface area contributed by atoms with Gasteiger partial charge in [0, 0.05) is 15.6 Å². The summed E-state index contributed by atoms with van der Waals surface area (Å²) >= 11 is 12.2. The number of rotatable bonds is 4. The molecule has 1 aromatic carbocycles. The van der Waals surface area contributed by atoms with Crippen LogP contribution < -0.4 is 0 Å². The molecule has 0 amide bonds. The largest absolute Gasteiger partial charge is 0.382 e. The number of hydrogen-bond donors (Lipinski definition) is 1. The van der Waals surface area contributed by atoms with Crippen LogP contribution in [0.2, 0.25) is 10.0 Å². The van der Waals surface area contributed by atoms with Crippen LogP contribution in [0, 0.1) is 5.92 Å². The molecule has 0 spiro atoms. The molecule has 0 aliphatic heterocycles. The number of benzene rings is 1. The smallest absolute Gasteiger partial charge is 0.138 e. The highest BCUT2D eigenvalue weighted by Gasteiger charge is 2.21. The number of aliphatic hydroxyl groups excluding tert-OH is 1. The molecule has 0 bridgehead atoms. The molecule has 2 unspecified atom stereocenters. The van der Waals surface area contributed by atoms with Crippen LogP contribution in [0.5, 0.6) is 0 Å². The van der Waals surface area contributed by atoms with E-state index in [-0.39, 0.29) is 0 Å². The Morgan fingerprint density at radius 2 is 2.22 bits per heavy atom. The maximum absolute atomic E-state index is 10.9. The minimum absolute atomic E-state index is 0.361. The molecule has 6 heteroatoms. The Labute approximate surface area is 145 Å². The van der Waals surface area contributed by atoms with Gasteiger partial charge in [0.25, 0.3) is 0 Å². The third-order valence-corrected chi connectivity index (χ3v) is 4.50. The van der Waals surface area contributed by atoms with Crippen molar-refractivity contribution in [3.8, 4) is 0 Å². The molecule has 0 radical (unpaired) electrons. The zero-order valence-electron chi connectivity index (χ0n) is 12.4. The fourth-order valence-corrected chi connectivity index (χ4v) is 3.24. The monoisotopic (exact) mass is 349 g/mol. The Morgan fingerprint density at radius 3 is 2.87 bits per heavy atom. The second-order valence-corrected chi connectivity index (χ2v) is 6.39. The minimum Gasteiger partial charge on any atom is -0.382 e. The van der Waals surface area contributed by atoms with Crippen molar-refractivity contribution in [2.24, 2.45) is 5.92 Å².